The molecule has 0 aliphatic carbocycles. The topological polar surface area (TPSA) is 24.9 Å². The Morgan fingerprint density at radius 2 is 2.25 bits per heavy atom. The largest absolute Gasteiger partial charge is 0.304 e. The Kier molecular flexibility index (Phi) is 4.13. The molecule has 0 saturated heterocycles. The lowest BCUT2D eigenvalue weighted by molar-refractivity contribution is 0.567. The van der Waals surface area contributed by atoms with Crippen molar-refractivity contribution in [2.45, 2.75) is 26.4 Å². The first-order valence-corrected chi connectivity index (χ1v) is 7.58. The molecule has 0 bridgehead atoms. The molecule has 2 aromatic heterocycles. The van der Waals surface area contributed by atoms with Gasteiger partial charge in [-0.05, 0) is 35.8 Å². The molecular formula is C11H13BrN2S2. The van der Waals surface area contributed by atoms with Crippen molar-refractivity contribution in [3.63, 3.8) is 0 Å². The van der Waals surface area contributed by atoms with Gasteiger partial charge in [-0.3, -0.25) is 0 Å². The average molecular weight is 317 g/mol. The van der Waals surface area contributed by atoms with E-state index in [1.807, 2.05) is 6.92 Å². The van der Waals surface area contributed by atoms with Crippen molar-refractivity contribution >= 4 is 38.6 Å². The fraction of sp³-hybridized carbons (Fsp3) is 0.364. The van der Waals surface area contributed by atoms with Gasteiger partial charge in [0.15, 0.2) is 0 Å². The zero-order valence-electron chi connectivity index (χ0n) is 9.16. The normalized spacial score (nSPS) is 12.9. The van der Waals surface area contributed by atoms with Crippen molar-refractivity contribution < 1.29 is 0 Å². The molecular weight excluding hydrogens is 304 g/mol. The Bertz CT molecular complexity index is 464. The van der Waals surface area contributed by atoms with Crippen molar-refractivity contribution in [2.24, 2.45) is 0 Å². The minimum absolute atomic E-state index is 0.311. The lowest BCUT2D eigenvalue weighted by Crippen LogP contribution is -2.17. The van der Waals surface area contributed by atoms with Gasteiger partial charge in [-0.2, -0.15) is 0 Å². The van der Waals surface area contributed by atoms with Gasteiger partial charge in [-0.25, -0.2) is 4.98 Å². The van der Waals surface area contributed by atoms with E-state index in [0.29, 0.717) is 6.04 Å². The molecule has 2 heterocycles. The second-order valence-electron chi connectivity index (χ2n) is 3.63. The van der Waals surface area contributed by atoms with E-state index in [-0.39, 0.29) is 0 Å². The number of hydrogen-bond donors (Lipinski definition) is 1. The van der Waals surface area contributed by atoms with Crippen LogP contribution >= 0.6 is 38.6 Å². The number of nitrogens with one attached hydrogen (secondary N) is 1. The Hall–Kier alpha value is -0.230. The van der Waals surface area contributed by atoms with Crippen LogP contribution in [0.4, 0.5) is 0 Å². The van der Waals surface area contributed by atoms with Crippen molar-refractivity contribution in [3.05, 3.63) is 36.9 Å². The average Bonchev–Trinajstić information content (AvgIpc) is 2.84. The molecule has 0 radical (unpaired) electrons. The Labute approximate surface area is 112 Å². The maximum Gasteiger partial charge on any atom is 0.0898 e. The van der Waals surface area contributed by atoms with Crippen LogP contribution in [-0.4, -0.2) is 4.98 Å². The highest BCUT2D eigenvalue weighted by molar-refractivity contribution is 9.10. The molecule has 0 saturated carbocycles. The predicted molar refractivity (Wildman–Crippen MR) is 74.1 cm³/mol. The summed E-state index contributed by atoms with van der Waals surface area (Å²) in [6, 6.07) is 2.46. The second kappa shape index (κ2) is 5.40. The van der Waals surface area contributed by atoms with Gasteiger partial charge < -0.3 is 5.32 Å². The molecule has 16 heavy (non-hydrogen) atoms. The Morgan fingerprint density at radius 3 is 2.81 bits per heavy atom. The summed E-state index contributed by atoms with van der Waals surface area (Å²) in [5.74, 6) is 0. The molecule has 1 N–H and O–H groups in total. The van der Waals surface area contributed by atoms with E-state index in [2.05, 4.69) is 50.0 Å². The smallest absolute Gasteiger partial charge is 0.0898 e. The maximum absolute atomic E-state index is 4.48. The molecule has 1 unspecified atom stereocenters. The molecule has 2 rings (SSSR count). The van der Waals surface area contributed by atoms with E-state index in [4.69, 9.17) is 0 Å². The molecule has 0 aliphatic rings. The number of nitrogens with zero attached hydrogens (tertiary/aromatic N) is 1. The van der Waals surface area contributed by atoms with E-state index in [1.165, 1.54) is 4.88 Å². The van der Waals surface area contributed by atoms with Gasteiger partial charge in [0.2, 0.25) is 0 Å². The molecule has 0 spiro atoms. The third kappa shape index (κ3) is 3.13. The maximum atomic E-state index is 4.48. The first kappa shape index (κ1) is 12.2. The highest BCUT2D eigenvalue weighted by atomic mass is 79.9. The molecule has 5 heteroatoms. The van der Waals surface area contributed by atoms with Gasteiger partial charge in [0.05, 0.1) is 10.7 Å². The highest BCUT2D eigenvalue weighted by Crippen LogP contribution is 2.21. The van der Waals surface area contributed by atoms with Crippen LogP contribution in [0, 0.1) is 6.92 Å². The molecule has 2 aromatic rings. The van der Waals surface area contributed by atoms with E-state index in [0.717, 1.165) is 21.7 Å². The van der Waals surface area contributed by atoms with E-state index in [9.17, 15) is 0 Å². The summed E-state index contributed by atoms with van der Waals surface area (Å²) in [5, 5.41) is 8.83. The van der Waals surface area contributed by atoms with Crippen LogP contribution in [0.15, 0.2) is 21.3 Å². The molecule has 0 aromatic carbocycles. The number of thiophene rings is 1. The van der Waals surface area contributed by atoms with Crippen molar-refractivity contribution in [3.8, 4) is 0 Å². The minimum Gasteiger partial charge on any atom is -0.304 e. The number of thiazole rings is 1. The van der Waals surface area contributed by atoms with Crippen molar-refractivity contribution in [2.75, 3.05) is 0 Å². The van der Waals surface area contributed by atoms with E-state index < -0.39 is 0 Å². The predicted octanol–water partition coefficient (Wildman–Crippen LogP) is 4.13. The fourth-order valence-electron chi connectivity index (χ4n) is 1.38. The van der Waals surface area contributed by atoms with Crippen LogP contribution in [0.25, 0.3) is 0 Å². The van der Waals surface area contributed by atoms with Gasteiger partial charge in [0, 0.05) is 32.7 Å². The standard InChI is InChI=1S/C11H13BrN2S2/c1-7(11-6-15-8(2)14-11)13-4-10-3-9(12)5-16-10/h3,5-7,13H,4H2,1-2H3. The second-order valence-corrected chi connectivity index (χ2v) is 6.60. The van der Waals surface area contributed by atoms with Gasteiger partial charge in [-0.1, -0.05) is 0 Å². The summed E-state index contributed by atoms with van der Waals surface area (Å²) in [5.41, 5.74) is 1.14. The van der Waals surface area contributed by atoms with E-state index in [1.54, 1.807) is 22.7 Å². The van der Waals surface area contributed by atoms with Crippen molar-refractivity contribution in [1.82, 2.24) is 10.3 Å². The molecule has 0 fully saturated rings. The zero-order valence-corrected chi connectivity index (χ0v) is 12.4. The third-order valence-electron chi connectivity index (χ3n) is 2.28. The number of hydrogen-bond acceptors (Lipinski definition) is 4. The van der Waals surface area contributed by atoms with Crippen LogP contribution < -0.4 is 5.32 Å². The summed E-state index contributed by atoms with van der Waals surface area (Å²) in [4.78, 5) is 5.82. The lowest BCUT2D eigenvalue weighted by atomic mass is 10.2. The molecule has 1 atom stereocenters. The molecule has 0 amide bonds. The third-order valence-corrected chi connectivity index (χ3v) is 4.77. The van der Waals surface area contributed by atoms with Gasteiger partial charge in [0.25, 0.3) is 0 Å². The number of halogens is 1. The molecule has 2 nitrogen and oxygen atoms in total. The van der Waals surface area contributed by atoms with E-state index >= 15 is 0 Å². The van der Waals surface area contributed by atoms with Crippen LogP contribution in [0.2, 0.25) is 0 Å². The number of aryl methyl sites for hydroxylation is 1. The van der Waals surface area contributed by atoms with Crippen LogP contribution in [0.5, 0.6) is 0 Å². The number of aromatic nitrogens is 1. The zero-order chi connectivity index (χ0) is 11.5. The minimum atomic E-state index is 0.311. The quantitative estimate of drug-likeness (QED) is 0.917. The SMILES string of the molecule is Cc1nc(C(C)NCc2cc(Br)cs2)cs1. The highest BCUT2D eigenvalue weighted by Gasteiger charge is 2.08. The fourth-order valence-corrected chi connectivity index (χ4v) is 3.49. The molecule has 86 valence electrons. The first-order chi connectivity index (χ1) is 7.65. The number of rotatable bonds is 4. The van der Waals surface area contributed by atoms with Crippen molar-refractivity contribution in [1.29, 1.82) is 0 Å². The summed E-state index contributed by atoms with van der Waals surface area (Å²) < 4.78 is 1.16. The first-order valence-electron chi connectivity index (χ1n) is 5.03. The van der Waals surface area contributed by atoms with Crippen LogP contribution in [0.3, 0.4) is 0 Å². The summed E-state index contributed by atoms with van der Waals surface area (Å²) in [6.45, 7) is 5.09. The summed E-state index contributed by atoms with van der Waals surface area (Å²) in [7, 11) is 0. The summed E-state index contributed by atoms with van der Waals surface area (Å²) in [6.07, 6.45) is 0. The Balaban J connectivity index is 1.91. The Morgan fingerprint density at radius 1 is 1.44 bits per heavy atom. The summed E-state index contributed by atoms with van der Waals surface area (Å²) >= 11 is 6.93. The lowest BCUT2D eigenvalue weighted by Gasteiger charge is -2.09. The van der Waals surface area contributed by atoms with Gasteiger partial charge in [0.1, 0.15) is 0 Å². The molecule has 0 aliphatic heterocycles. The monoisotopic (exact) mass is 316 g/mol. The van der Waals surface area contributed by atoms with Crippen LogP contribution in [-0.2, 0) is 6.54 Å². The van der Waals surface area contributed by atoms with Gasteiger partial charge >= 0.3 is 0 Å². The van der Waals surface area contributed by atoms with Gasteiger partial charge in [-0.15, -0.1) is 22.7 Å². The van der Waals surface area contributed by atoms with Crippen LogP contribution in [0.1, 0.15) is 28.5 Å².